The lowest BCUT2D eigenvalue weighted by Gasteiger charge is -2.14. The van der Waals surface area contributed by atoms with Crippen molar-refractivity contribution in [3.05, 3.63) is 36.5 Å². The Morgan fingerprint density at radius 2 is 2.25 bits per heavy atom. The van der Waals surface area contributed by atoms with Gasteiger partial charge in [-0.3, -0.25) is 9.78 Å². The first-order valence-electron chi connectivity index (χ1n) is 6.29. The fourth-order valence-electron chi connectivity index (χ4n) is 2.03. The van der Waals surface area contributed by atoms with Gasteiger partial charge in [0, 0.05) is 11.6 Å². The number of carbonyl (C=O) groups excluding carboxylic acids is 1. The summed E-state index contributed by atoms with van der Waals surface area (Å²) in [6.07, 6.45) is 2.14. The molecule has 1 unspecified atom stereocenters. The molecule has 0 saturated carbocycles. The number of nitrogens with two attached hydrogens (primary N) is 1. The summed E-state index contributed by atoms with van der Waals surface area (Å²) in [5.74, 6) is -1.06. The molecule has 0 spiro atoms. The lowest BCUT2D eigenvalue weighted by atomic mass is 10.0. The molecule has 6 heteroatoms. The highest BCUT2D eigenvalue weighted by Crippen LogP contribution is 2.22. The van der Waals surface area contributed by atoms with Crippen LogP contribution in [0, 0.1) is 5.92 Å². The molecule has 2 aromatic rings. The molecule has 1 atom stereocenters. The summed E-state index contributed by atoms with van der Waals surface area (Å²) in [6.45, 7) is 1.80. The van der Waals surface area contributed by atoms with Crippen LogP contribution in [0.2, 0.25) is 0 Å². The minimum atomic E-state index is -0.660. The van der Waals surface area contributed by atoms with Gasteiger partial charge in [-0.15, -0.1) is 0 Å². The van der Waals surface area contributed by atoms with Crippen LogP contribution in [0.4, 0.5) is 5.69 Å². The van der Waals surface area contributed by atoms with Crippen LogP contribution in [0.3, 0.4) is 0 Å². The first-order chi connectivity index (χ1) is 9.67. The zero-order chi connectivity index (χ0) is 14.5. The molecule has 0 bridgehead atoms. The third-order valence-electron chi connectivity index (χ3n) is 3.10. The fraction of sp³-hybridized carbons (Fsp3) is 0.214. The van der Waals surface area contributed by atoms with E-state index in [1.54, 1.807) is 25.3 Å². The molecule has 4 N–H and O–H groups in total. The minimum absolute atomic E-state index is 0.0941. The van der Waals surface area contributed by atoms with Crippen molar-refractivity contribution in [1.29, 1.82) is 0 Å². The number of benzene rings is 1. The molecule has 1 aromatic heterocycles. The van der Waals surface area contributed by atoms with Gasteiger partial charge in [0.25, 0.3) is 0 Å². The summed E-state index contributed by atoms with van der Waals surface area (Å²) < 4.78 is 0. The molecule has 0 saturated heterocycles. The molecule has 0 aliphatic carbocycles. The number of amides is 1. The van der Waals surface area contributed by atoms with Crippen LogP contribution in [0.1, 0.15) is 13.3 Å². The maximum atomic E-state index is 12.2. The zero-order valence-electron chi connectivity index (χ0n) is 11.1. The molecule has 0 fully saturated rings. The van der Waals surface area contributed by atoms with E-state index in [1.807, 2.05) is 18.2 Å². The largest absolute Gasteiger partial charge is 0.409 e. The third-order valence-corrected chi connectivity index (χ3v) is 3.10. The van der Waals surface area contributed by atoms with Crippen LogP contribution >= 0.6 is 0 Å². The molecular weight excluding hydrogens is 256 g/mol. The second kappa shape index (κ2) is 6.01. The van der Waals surface area contributed by atoms with E-state index in [0.29, 0.717) is 12.1 Å². The number of oxime groups is 1. The van der Waals surface area contributed by atoms with Crippen molar-refractivity contribution in [3.63, 3.8) is 0 Å². The number of anilines is 1. The molecule has 20 heavy (non-hydrogen) atoms. The van der Waals surface area contributed by atoms with Gasteiger partial charge < -0.3 is 16.3 Å². The van der Waals surface area contributed by atoms with E-state index in [2.05, 4.69) is 15.5 Å². The van der Waals surface area contributed by atoms with Gasteiger partial charge in [0.15, 0.2) is 5.84 Å². The zero-order valence-corrected chi connectivity index (χ0v) is 11.1. The number of carbonyl (C=O) groups is 1. The smallest absolute Gasteiger partial charge is 0.235 e. The fourth-order valence-corrected chi connectivity index (χ4v) is 2.03. The first kappa shape index (κ1) is 13.8. The van der Waals surface area contributed by atoms with Crippen LogP contribution in [-0.2, 0) is 4.79 Å². The quantitative estimate of drug-likeness (QED) is 0.342. The minimum Gasteiger partial charge on any atom is -0.409 e. The van der Waals surface area contributed by atoms with Crippen molar-refractivity contribution in [1.82, 2.24) is 4.98 Å². The number of rotatable bonds is 4. The summed E-state index contributed by atoms with van der Waals surface area (Å²) >= 11 is 0. The lowest BCUT2D eigenvalue weighted by molar-refractivity contribution is -0.118. The highest BCUT2D eigenvalue weighted by molar-refractivity contribution is 6.10. The number of nitrogens with one attached hydrogen (secondary N) is 1. The Bertz CT molecular complexity index is 649. The molecule has 1 aromatic carbocycles. The number of nitrogens with zero attached hydrogens (tertiary/aromatic N) is 2. The number of pyridine rings is 1. The van der Waals surface area contributed by atoms with E-state index in [4.69, 9.17) is 10.9 Å². The van der Waals surface area contributed by atoms with Gasteiger partial charge in [0.05, 0.1) is 17.1 Å². The maximum absolute atomic E-state index is 12.2. The Kier molecular flexibility index (Phi) is 4.14. The van der Waals surface area contributed by atoms with Crippen molar-refractivity contribution < 1.29 is 10.0 Å². The van der Waals surface area contributed by atoms with Crippen LogP contribution in [0.5, 0.6) is 0 Å². The van der Waals surface area contributed by atoms with Crippen LogP contribution in [0.25, 0.3) is 10.9 Å². The topological polar surface area (TPSA) is 101 Å². The van der Waals surface area contributed by atoms with Gasteiger partial charge >= 0.3 is 0 Å². The average molecular weight is 272 g/mol. The molecule has 0 radical (unpaired) electrons. The van der Waals surface area contributed by atoms with Crippen LogP contribution < -0.4 is 11.1 Å². The Morgan fingerprint density at radius 1 is 1.45 bits per heavy atom. The van der Waals surface area contributed by atoms with Gasteiger partial charge in [0.2, 0.25) is 5.91 Å². The van der Waals surface area contributed by atoms with E-state index in [9.17, 15) is 4.79 Å². The predicted octanol–water partition coefficient (Wildman–Crippen LogP) is 1.95. The summed E-state index contributed by atoms with van der Waals surface area (Å²) in [6, 6.07) is 9.16. The highest BCUT2D eigenvalue weighted by atomic mass is 16.4. The monoisotopic (exact) mass is 272 g/mol. The number of aromatic nitrogens is 1. The van der Waals surface area contributed by atoms with Gasteiger partial charge in [-0.25, -0.2) is 0 Å². The number of hydrogen-bond donors (Lipinski definition) is 3. The second-order valence-corrected chi connectivity index (χ2v) is 4.35. The Hall–Kier alpha value is -2.63. The molecule has 6 nitrogen and oxygen atoms in total. The van der Waals surface area contributed by atoms with Crippen LogP contribution in [0.15, 0.2) is 41.7 Å². The molecular formula is C14H16N4O2. The van der Waals surface area contributed by atoms with Crippen molar-refractivity contribution in [2.45, 2.75) is 13.3 Å². The second-order valence-electron chi connectivity index (χ2n) is 4.35. The third kappa shape index (κ3) is 2.69. The average Bonchev–Trinajstić information content (AvgIpc) is 2.48. The first-order valence-corrected chi connectivity index (χ1v) is 6.29. The molecule has 0 aliphatic heterocycles. The van der Waals surface area contributed by atoms with Crippen LogP contribution in [-0.4, -0.2) is 21.9 Å². The van der Waals surface area contributed by atoms with Gasteiger partial charge in [-0.05, 0) is 30.7 Å². The van der Waals surface area contributed by atoms with E-state index in [-0.39, 0.29) is 11.7 Å². The summed E-state index contributed by atoms with van der Waals surface area (Å²) in [5, 5.41) is 15.2. The van der Waals surface area contributed by atoms with E-state index >= 15 is 0 Å². The lowest BCUT2D eigenvalue weighted by Crippen LogP contribution is -2.34. The van der Waals surface area contributed by atoms with E-state index in [1.165, 1.54) is 0 Å². The molecule has 1 amide bonds. The highest BCUT2D eigenvalue weighted by Gasteiger charge is 2.21. The number of fused-ring (bicyclic) bond motifs is 1. The van der Waals surface area contributed by atoms with Crippen molar-refractivity contribution in [3.8, 4) is 0 Å². The number of hydrogen-bond acceptors (Lipinski definition) is 4. The van der Waals surface area contributed by atoms with Gasteiger partial charge in [0.1, 0.15) is 0 Å². The van der Waals surface area contributed by atoms with Crippen molar-refractivity contribution in [2.75, 3.05) is 5.32 Å². The Balaban J connectivity index is 2.30. The molecule has 2 rings (SSSR count). The SMILES string of the molecule is CCC(C(=O)Nc1cccc2ncccc12)C(N)=NO. The van der Waals surface area contributed by atoms with Crippen molar-refractivity contribution in [2.24, 2.45) is 16.8 Å². The molecule has 0 aliphatic rings. The van der Waals surface area contributed by atoms with Crippen molar-refractivity contribution >= 4 is 28.3 Å². The Labute approximate surface area is 116 Å². The van der Waals surface area contributed by atoms with E-state index in [0.717, 1.165) is 10.9 Å². The maximum Gasteiger partial charge on any atom is 0.235 e. The summed E-state index contributed by atoms with van der Waals surface area (Å²) in [7, 11) is 0. The summed E-state index contributed by atoms with van der Waals surface area (Å²) in [5.41, 5.74) is 6.97. The number of amidine groups is 1. The van der Waals surface area contributed by atoms with E-state index < -0.39 is 5.92 Å². The normalized spacial score (nSPS) is 13.2. The molecule has 1 heterocycles. The summed E-state index contributed by atoms with van der Waals surface area (Å²) in [4.78, 5) is 16.4. The standard InChI is InChI=1S/C14H16N4O2/c1-2-9(13(15)18-20)14(19)17-12-7-3-6-11-10(12)5-4-8-16-11/h3-9,20H,2H2,1H3,(H2,15,18)(H,17,19). The Morgan fingerprint density at radius 3 is 2.95 bits per heavy atom. The van der Waals surface area contributed by atoms with Gasteiger partial charge in [-0.1, -0.05) is 18.1 Å². The predicted molar refractivity (Wildman–Crippen MR) is 77.6 cm³/mol. The van der Waals surface area contributed by atoms with Gasteiger partial charge in [-0.2, -0.15) is 0 Å². The molecule has 104 valence electrons.